The Kier molecular flexibility index (Phi) is 7.39. The van der Waals surface area contributed by atoms with Gasteiger partial charge in [0.2, 0.25) is 0 Å². The number of hydrogen-bond donors (Lipinski definition) is 5. The molecule has 1 unspecified atom stereocenters. The van der Waals surface area contributed by atoms with Crippen molar-refractivity contribution in [1.29, 1.82) is 0 Å². The lowest BCUT2D eigenvalue weighted by atomic mass is 9.35. The Labute approximate surface area is 260 Å². The third kappa shape index (κ3) is 4.14. The van der Waals surface area contributed by atoms with Gasteiger partial charge in [0.05, 0.1) is 23.5 Å². The molecule has 9 nitrogen and oxygen atoms in total. The zero-order chi connectivity index (χ0) is 32.3. The van der Waals surface area contributed by atoms with E-state index in [1.807, 2.05) is 0 Å². The van der Waals surface area contributed by atoms with E-state index in [9.17, 15) is 35.1 Å². The van der Waals surface area contributed by atoms with Gasteiger partial charge in [-0.25, -0.2) is 0 Å². The maximum atomic E-state index is 13.2. The van der Waals surface area contributed by atoms with Gasteiger partial charge in [-0.15, -0.1) is 0 Å². The van der Waals surface area contributed by atoms with Crippen LogP contribution in [0.15, 0.2) is 23.3 Å². The third-order valence-electron chi connectivity index (χ3n) is 14.3. The predicted molar refractivity (Wildman–Crippen MR) is 161 cm³/mol. The highest BCUT2D eigenvalue weighted by Gasteiger charge is 2.70. The third-order valence-corrected chi connectivity index (χ3v) is 14.3. The second-order valence-corrected chi connectivity index (χ2v) is 16.8. The Morgan fingerprint density at radius 2 is 1.55 bits per heavy atom. The van der Waals surface area contributed by atoms with E-state index in [2.05, 4.69) is 46.8 Å². The zero-order valence-electron chi connectivity index (χ0n) is 27.1. The first-order chi connectivity index (χ1) is 20.4. The van der Waals surface area contributed by atoms with Crippen LogP contribution in [0.4, 0.5) is 0 Å². The van der Waals surface area contributed by atoms with E-state index in [1.165, 1.54) is 5.57 Å². The summed E-state index contributed by atoms with van der Waals surface area (Å²) < 4.78 is 11.7. The van der Waals surface area contributed by atoms with Gasteiger partial charge in [0.1, 0.15) is 18.3 Å². The number of carbonyl (C=O) groups is 2. The van der Waals surface area contributed by atoms with Gasteiger partial charge in [0.25, 0.3) is 0 Å². The molecule has 246 valence electrons. The van der Waals surface area contributed by atoms with Crippen LogP contribution in [0.5, 0.6) is 0 Å². The Balaban J connectivity index is 1.39. The number of rotatable bonds is 4. The molecule has 12 atom stereocenters. The minimum absolute atomic E-state index is 0.0419. The summed E-state index contributed by atoms with van der Waals surface area (Å²) in [5.41, 5.74) is -0.476. The monoisotopic (exact) mass is 616 g/mol. The Morgan fingerprint density at radius 1 is 0.864 bits per heavy atom. The van der Waals surface area contributed by atoms with Crippen molar-refractivity contribution in [1.82, 2.24) is 0 Å². The fraction of sp³-hybridized carbons (Fsp3) is 0.829. The zero-order valence-corrected chi connectivity index (χ0v) is 27.1. The molecule has 0 amide bonds. The van der Waals surface area contributed by atoms with Crippen LogP contribution in [-0.4, -0.2) is 74.8 Å². The SMILES string of the molecule is CC1(C)CC[C@]2(C(=O)O)CC[C@]3(C)C(=C2C1)C=C[C@@H]1[C@@]2(C)CC[C@H](O[C@@H]4OC[C@@H](O)[C@H](O)[C@H]4O)[C@@](C)(C(=O)O)C2CC[C@]13C. The molecule has 5 aliphatic carbocycles. The molecule has 44 heavy (non-hydrogen) atoms. The van der Waals surface area contributed by atoms with Crippen LogP contribution in [0.1, 0.15) is 99.3 Å². The highest BCUT2D eigenvalue weighted by molar-refractivity contribution is 5.80. The lowest BCUT2D eigenvalue weighted by Gasteiger charge is -2.69. The van der Waals surface area contributed by atoms with E-state index >= 15 is 0 Å². The van der Waals surface area contributed by atoms with Crippen LogP contribution in [-0.2, 0) is 19.1 Å². The summed E-state index contributed by atoms with van der Waals surface area (Å²) in [5.74, 6) is -1.78. The molecule has 1 heterocycles. The van der Waals surface area contributed by atoms with Crippen LogP contribution in [0, 0.1) is 44.3 Å². The van der Waals surface area contributed by atoms with Crippen LogP contribution in [0.2, 0.25) is 0 Å². The molecule has 9 heteroatoms. The quantitative estimate of drug-likeness (QED) is 0.283. The highest BCUT2D eigenvalue weighted by atomic mass is 16.7. The fourth-order valence-electron chi connectivity index (χ4n) is 11.2. The van der Waals surface area contributed by atoms with Crippen LogP contribution >= 0.6 is 0 Å². The predicted octanol–water partition coefficient (Wildman–Crippen LogP) is 4.68. The maximum Gasteiger partial charge on any atom is 0.313 e. The normalized spacial score (nSPS) is 51.4. The van der Waals surface area contributed by atoms with Gasteiger partial charge in [-0.2, -0.15) is 0 Å². The first-order valence-corrected chi connectivity index (χ1v) is 16.6. The Hall–Kier alpha value is -1.78. The van der Waals surface area contributed by atoms with E-state index in [0.29, 0.717) is 25.7 Å². The molecular formula is C35H52O9. The van der Waals surface area contributed by atoms with E-state index in [0.717, 1.165) is 37.7 Å². The first kappa shape index (κ1) is 32.2. The summed E-state index contributed by atoms with van der Waals surface area (Å²) in [4.78, 5) is 26.1. The molecule has 3 saturated carbocycles. The van der Waals surface area contributed by atoms with Gasteiger partial charge >= 0.3 is 11.9 Å². The molecular weight excluding hydrogens is 564 g/mol. The van der Waals surface area contributed by atoms with Crippen molar-refractivity contribution in [2.45, 2.75) is 130 Å². The number of allylic oxidation sites excluding steroid dienone is 3. The van der Waals surface area contributed by atoms with E-state index in [4.69, 9.17) is 9.47 Å². The lowest BCUT2D eigenvalue weighted by Crippen LogP contribution is -2.66. The number of carboxylic acids is 2. The van der Waals surface area contributed by atoms with Crippen LogP contribution < -0.4 is 0 Å². The molecule has 0 bridgehead atoms. The smallest absolute Gasteiger partial charge is 0.313 e. The van der Waals surface area contributed by atoms with Gasteiger partial charge in [-0.3, -0.25) is 9.59 Å². The van der Waals surface area contributed by atoms with Crippen molar-refractivity contribution >= 4 is 11.9 Å². The number of aliphatic hydroxyl groups is 3. The van der Waals surface area contributed by atoms with Crippen LogP contribution in [0.3, 0.4) is 0 Å². The molecule has 0 aromatic carbocycles. The second-order valence-electron chi connectivity index (χ2n) is 16.8. The number of fused-ring (bicyclic) bond motifs is 6. The molecule has 4 fully saturated rings. The van der Waals surface area contributed by atoms with Crippen molar-refractivity contribution in [2.75, 3.05) is 6.61 Å². The van der Waals surface area contributed by atoms with Gasteiger partial charge < -0.3 is 35.0 Å². The summed E-state index contributed by atoms with van der Waals surface area (Å²) >= 11 is 0. The standard InChI is InChI=1S/C35H52O9/c1-30(2)13-15-35(29(41)42)16-14-32(4)19(20(35)17-30)7-8-22-31(3)11-10-24(44-27-26(38)25(37)21(36)18-43-27)34(6,28(39)40)23(31)9-12-33(22,32)5/h7-8,21-27,36-38H,9-18H2,1-6H3,(H,39,40)(H,41,42)/t21-,22-,23?,24+,25+,26-,27+,31-,32-,33-,34+,35+/m1/s1. The van der Waals surface area contributed by atoms with Crippen LogP contribution in [0.25, 0.3) is 0 Å². The van der Waals surface area contributed by atoms with E-state index in [-0.39, 0.29) is 40.1 Å². The minimum atomic E-state index is -1.48. The summed E-state index contributed by atoms with van der Waals surface area (Å²) in [6, 6.07) is 0. The molecule has 0 aromatic heterocycles. The number of hydrogen-bond acceptors (Lipinski definition) is 7. The fourth-order valence-corrected chi connectivity index (χ4v) is 11.2. The molecule has 5 N–H and O–H groups in total. The lowest BCUT2D eigenvalue weighted by molar-refractivity contribution is -0.306. The number of aliphatic hydroxyl groups excluding tert-OH is 3. The van der Waals surface area contributed by atoms with Gasteiger partial charge in [-0.05, 0) is 109 Å². The van der Waals surface area contributed by atoms with E-state index < -0.39 is 53.5 Å². The molecule has 1 saturated heterocycles. The summed E-state index contributed by atoms with van der Waals surface area (Å²) in [6.45, 7) is 13.0. The number of carboxylic acid groups (broad SMARTS) is 2. The van der Waals surface area contributed by atoms with E-state index in [1.54, 1.807) is 6.92 Å². The molecule has 0 spiro atoms. The van der Waals surface area contributed by atoms with Crippen molar-refractivity contribution in [3.05, 3.63) is 23.3 Å². The van der Waals surface area contributed by atoms with Crippen molar-refractivity contribution in [3.63, 3.8) is 0 Å². The average molecular weight is 617 g/mol. The van der Waals surface area contributed by atoms with Gasteiger partial charge in [0, 0.05) is 0 Å². The molecule has 1 aliphatic heterocycles. The molecule has 0 aromatic rings. The first-order valence-electron chi connectivity index (χ1n) is 16.6. The summed E-state index contributed by atoms with van der Waals surface area (Å²) in [6.07, 6.45) is 4.84. The Bertz CT molecular complexity index is 1290. The minimum Gasteiger partial charge on any atom is -0.481 e. The maximum absolute atomic E-state index is 13.2. The Morgan fingerprint density at radius 3 is 2.20 bits per heavy atom. The molecule has 6 aliphatic rings. The second kappa shape index (κ2) is 10.1. The average Bonchev–Trinajstić information content (AvgIpc) is 2.94. The number of aliphatic carboxylic acids is 2. The summed E-state index contributed by atoms with van der Waals surface area (Å²) in [7, 11) is 0. The van der Waals surface area contributed by atoms with Crippen molar-refractivity contribution in [2.24, 2.45) is 44.3 Å². The number of ether oxygens (including phenoxy) is 2. The van der Waals surface area contributed by atoms with Gasteiger partial charge in [0.15, 0.2) is 6.29 Å². The van der Waals surface area contributed by atoms with Gasteiger partial charge in [-0.1, -0.05) is 46.8 Å². The molecule has 0 radical (unpaired) electrons. The molecule has 6 rings (SSSR count). The van der Waals surface area contributed by atoms with Crippen molar-refractivity contribution in [3.8, 4) is 0 Å². The summed E-state index contributed by atoms with van der Waals surface area (Å²) in [5, 5.41) is 52.1. The highest BCUT2D eigenvalue weighted by Crippen LogP contribution is 2.74. The topological polar surface area (TPSA) is 154 Å². The van der Waals surface area contributed by atoms with Crippen molar-refractivity contribution < 1.29 is 44.6 Å². The largest absolute Gasteiger partial charge is 0.481 e.